The Morgan fingerprint density at radius 2 is 2.13 bits per heavy atom. The van der Waals surface area contributed by atoms with Crippen LogP contribution in [0.3, 0.4) is 0 Å². The van der Waals surface area contributed by atoms with E-state index in [2.05, 4.69) is 19.2 Å². The summed E-state index contributed by atoms with van der Waals surface area (Å²) in [6, 6.07) is 0. The summed E-state index contributed by atoms with van der Waals surface area (Å²) in [6.45, 7) is 7.24. The van der Waals surface area contributed by atoms with Crippen LogP contribution in [0.4, 0.5) is 0 Å². The zero-order chi connectivity index (χ0) is 11.3. The molecular weight excluding hydrogens is 186 g/mol. The first-order valence-electron chi connectivity index (χ1n) is 6.46. The second-order valence-corrected chi connectivity index (χ2v) is 4.94. The average Bonchev–Trinajstić information content (AvgIpc) is 2.89. The van der Waals surface area contributed by atoms with Crippen LogP contribution in [-0.2, 0) is 4.79 Å². The highest BCUT2D eigenvalue weighted by molar-refractivity contribution is 5.78. The van der Waals surface area contributed by atoms with E-state index in [1.54, 1.807) is 0 Å². The Morgan fingerprint density at radius 1 is 1.47 bits per heavy atom. The van der Waals surface area contributed by atoms with E-state index >= 15 is 0 Å². The average molecular weight is 211 g/mol. The molecule has 15 heavy (non-hydrogen) atoms. The second kappa shape index (κ2) is 6.14. The monoisotopic (exact) mass is 211 g/mol. The van der Waals surface area contributed by atoms with Crippen LogP contribution in [0.1, 0.15) is 52.9 Å². The molecule has 0 aromatic rings. The van der Waals surface area contributed by atoms with Gasteiger partial charge in [-0.25, -0.2) is 0 Å². The van der Waals surface area contributed by atoms with Gasteiger partial charge in [-0.3, -0.25) is 4.79 Å². The summed E-state index contributed by atoms with van der Waals surface area (Å²) in [5.74, 6) is 2.25. The fraction of sp³-hybridized carbons (Fsp3) is 0.923. The van der Waals surface area contributed by atoms with E-state index < -0.39 is 0 Å². The molecule has 2 nitrogen and oxygen atoms in total. The first kappa shape index (κ1) is 12.5. The van der Waals surface area contributed by atoms with Gasteiger partial charge in [-0.1, -0.05) is 26.7 Å². The highest BCUT2D eigenvalue weighted by Gasteiger charge is 2.35. The molecule has 0 aliphatic heterocycles. The molecule has 1 N–H and O–H groups in total. The van der Waals surface area contributed by atoms with Crippen molar-refractivity contribution in [2.45, 2.75) is 52.9 Å². The van der Waals surface area contributed by atoms with Crippen molar-refractivity contribution in [2.75, 3.05) is 6.54 Å². The summed E-state index contributed by atoms with van der Waals surface area (Å²) < 4.78 is 0. The van der Waals surface area contributed by atoms with E-state index in [9.17, 15) is 4.79 Å². The molecule has 3 unspecified atom stereocenters. The van der Waals surface area contributed by atoms with Crippen molar-refractivity contribution >= 4 is 5.91 Å². The molecule has 0 aromatic heterocycles. The number of hydrogen-bond donors (Lipinski definition) is 1. The smallest absolute Gasteiger partial charge is 0.223 e. The van der Waals surface area contributed by atoms with Crippen molar-refractivity contribution < 1.29 is 4.79 Å². The van der Waals surface area contributed by atoms with Crippen molar-refractivity contribution in [1.82, 2.24) is 5.32 Å². The van der Waals surface area contributed by atoms with E-state index in [0.29, 0.717) is 0 Å². The molecule has 0 saturated heterocycles. The van der Waals surface area contributed by atoms with Crippen LogP contribution in [-0.4, -0.2) is 12.5 Å². The predicted molar refractivity (Wildman–Crippen MR) is 63.6 cm³/mol. The Balaban J connectivity index is 2.33. The van der Waals surface area contributed by atoms with Crippen molar-refractivity contribution in [3.63, 3.8) is 0 Å². The number of amides is 1. The third-order valence-electron chi connectivity index (χ3n) is 3.49. The zero-order valence-corrected chi connectivity index (χ0v) is 10.4. The van der Waals surface area contributed by atoms with Gasteiger partial charge in [-0.15, -0.1) is 0 Å². The van der Waals surface area contributed by atoms with Gasteiger partial charge in [0.15, 0.2) is 0 Å². The summed E-state index contributed by atoms with van der Waals surface area (Å²) in [5, 5.41) is 2.96. The van der Waals surface area contributed by atoms with Crippen molar-refractivity contribution in [1.29, 1.82) is 0 Å². The normalized spacial score (nSPS) is 26.1. The molecule has 0 aromatic carbocycles. The molecule has 1 rings (SSSR count). The lowest BCUT2D eigenvalue weighted by Gasteiger charge is -2.15. The van der Waals surface area contributed by atoms with Gasteiger partial charge in [0, 0.05) is 12.5 Å². The lowest BCUT2D eigenvalue weighted by Crippen LogP contribution is -2.30. The van der Waals surface area contributed by atoms with Gasteiger partial charge >= 0.3 is 0 Å². The van der Waals surface area contributed by atoms with Gasteiger partial charge in [-0.05, 0) is 38.0 Å². The molecule has 0 spiro atoms. The summed E-state index contributed by atoms with van der Waals surface area (Å²) in [5.41, 5.74) is 0. The molecule has 1 saturated carbocycles. The SMILES string of the molecule is CCCCC(CC1CC1C)C(=O)NCC. The second-order valence-electron chi connectivity index (χ2n) is 4.94. The molecule has 1 aliphatic carbocycles. The van der Waals surface area contributed by atoms with Crippen LogP contribution >= 0.6 is 0 Å². The number of carbonyl (C=O) groups excluding carboxylic acids is 1. The minimum absolute atomic E-state index is 0.278. The van der Waals surface area contributed by atoms with E-state index in [1.807, 2.05) is 6.92 Å². The molecule has 88 valence electrons. The van der Waals surface area contributed by atoms with Crippen LogP contribution in [0.5, 0.6) is 0 Å². The highest BCUT2D eigenvalue weighted by Crippen LogP contribution is 2.43. The maximum atomic E-state index is 11.8. The molecule has 2 heteroatoms. The Kier molecular flexibility index (Phi) is 5.13. The zero-order valence-electron chi connectivity index (χ0n) is 10.4. The number of unbranched alkanes of at least 4 members (excludes halogenated alkanes) is 1. The van der Waals surface area contributed by atoms with Gasteiger partial charge in [-0.2, -0.15) is 0 Å². The number of rotatable bonds is 7. The van der Waals surface area contributed by atoms with Crippen molar-refractivity contribution in [3.05, 3.63) is 0 Å². The Bertz CT molecular complexity index is 203. The third kappa shape index (κ3) is 4.23. The maximum absolute atomic E-state index is 11.8. The minimum atomic E-state index is 0.278. The fourth-order valence-electron chi connectivity index (χ4n) is 2.22. The van der Waals surface area contributed by atoms with Crippen molar-refractivity contribution in [3.8, 4) is 0 Å². The minimum Gasteiger partial charge on any atom is -0.356 e. The lowest BCUT2D eigenvalue weighted by molar-refractivity contribution is -0.125. The molecule has 1 fully saturated rings. The van der Waals surface area contributed by atoms with Gasteiger partial charge in [0.25, 0.3) is 0 Å². The molecule has 1 aliphatic rings. The summed E-state index contributed by atoms with van der Waals surface area (Å²) in [6.07, 6.45) is 5.90. The van der Waals surface area contributed by atoms with Crippen LogP contribution in [0.15, 0.2) is 0 Å². The maximum Gasteiger partial charge on any atom is 0.223 e. The first-order valence-corrected chi connectivity index (χ1v) is 6.46. The van der Waals surface area contributed by atoms with Gasteiger partial charge in [0.1, 0.15) is 0 Å². The Morgan fingerprint density at radius 3 is 2.60 bits per heavy atom. The fourth-order valence-corrected chi connectivity index (χ4v) is 2.22. The van der Waals surface area contributed by atoms with E-state index in [0.717, 1.165) is 31.2 Å². The number of hydrogen-bond acceptors (Lipinski definition) is 1. The van der Waals surface area contributed by atoms with Gasteiger partial charge < -0.3 is 5.32 Å². The van der Waals surface area contributed by atoms with Crippen LogP contribution < -0.4 is 5.32 Å². The highest BCUT2D eigenvalue weighted by atomic mass is 16.1. The molecule has 0 bridgehead atoms. The van der Waals surface area contributed by atoms with E-state index in [-0.39, 0.29) is 11.8 Å². The summed E-state index contributed by atoms with van der Waals surface area (Å²) >= 11 is 0. The summed E-state index contributed by atoms with van der Waals surface area (Å²) in [7, 11) is 0. The quantitative estimate of drug-likeness (QED) is 0.689. The Hall–Kier alpha value is -0.530. The molecular formula is C13H25NO. The molecule has 0 heterocycles. The predicted octanol–water partition coefficient (Wildman–Crippen LogP) is 2.98. The third-order valence-corrected chi connectivity index (χ3v) is 3.49. The van der Waals surface area contributed by atoms with Crippen molar-refractivity contribution in [2.24, 2.45) is 17.8 Å². The lowest BCUT2D eigenvalue weighted by atomic mass is 9.94. The largest absolute Gasteiger partial charge is 0.356 e. The standard InChI is InChI=1S/C13H25NO/c1-4-6-7-11(13(15)14-5-2)9-12-8-10(12)3/h10-12H,4-9H2,1-3H3,(H,14,15). The first-order chi connectivity index (χ1) is 7.19. The van der Waals surface area contributed by atoms with E-state index in [4.69, 9.17) is 0 Å². The van der Waals surface area contributed by atoms with Crippen LogP contribution in [0, 0.1) is 17.8 Å². The van der Waals surface area contributed by atoms with Gasteiger partial charge in [0.05, 0.1) is 0 Å². The van der Waals surface area contributed by atoms with Crippen LogP contribution in [0.2, 0.25) is 0 Å². The Labute approximate surface area is 93.8 Å². The molecule has 1 amide bonds. The number of nitrogens with one attached hydrogen (secondary N) is 1. The van der Waals surface area contributed by atoms with E-state index in [1.165, 1.54) is 19.3 Å². The van der Waals surface area contributed by atoms with Crippen LogP contribution in [0.25, 0.3) is 0 Å². The van der Waals surface area contributed by atoms with Gasteiger partial charge in [0.2, 0.25) is 5.91 Å². The molecule has 3 atom stereocenters. The number of carbonyl (C=O) groups is 1. The summed E-state index contributed by atoms with van der Waals surface area (Å²) in [4.78, 5) is 11.8. The topological polar surface area (TPSA) is 29.1 Å². The molecule has 0 radical (unpaired) electrons.